The minimum atomic E-state index is -3.59. The number of fused-ring (bicyclic) bond motifs is 1. The predicted octanol–water partition coefficient (Wildman–Crippen LogP) is 3.82. The molecule has 5 nitrogen and oxygen atoms in total. The summed E-state index contributed by atoms with van der Waals surface area (Å²) >= 11 is 0. The van der Waals surface area contributed by atoms with Crippen LogP contribution >= 0.6 is 0 Å². The smallest absolute Gasteiger partial charge is 0.243 e. The van der Waals surface area contributed by atoms with E-state index in [0.717, 1.165) is 29.5 Å². The highest BCUT2D eigenvalue weighted by Crippen LogP contribution is 2.33. The van der Waals surface area contributed by atoms with Crippen LogP contribution in [0.15, 0.2) is 41.3 Å². The molecule has 30 heavy (non-hydrogen) atoms. The van der Waals surface area contributed by atoms with Crippen molar-refractivity contribution in [3.63, 3.8) is 0 Å². The minimum absolute atomic E-state index is 0.0929. The van der Waals surface area contributed by atoms with Crippen molar-refractivity contribution in [1.29, 1.82) is 0 Å². The highest BCUT2D eigenvalue weighted by atomic mass is 32.2. The molecule has 2 aliphatic rings. The van der Waals surface area contributed by atoms with Gasteiger partial charge >= 0.3 is 0 Å². The maximum atomic E-state index is 14.4. The summed E-state index contributed by atoms with van der Waals surface area (Å²) in [5.41, 5.74) is 3.02. The lowest BCUT2D eigenvalue weighted by Gasteiger charge is -2.36. The van der Waals surface area contributed by atoms with E-state index in [1.807, 2.05) is 19.1 Å². The second-order valence-electron chi connectivity index (χ2n) is 8.29. The largest absolute Gasteiger partial charge is 0.309 e. The molecule has 2 aliphatic heterocycles. The molecule has 1 saturated heterocycles. The molecule has 2 heterocycles. The number of nitrogens with zero attached hydrogens (tertiary/aromatic N) is 2. The Morgan fingerprint density at radius 3 is 2.50 bits per heavy atom. The Hall–Kier alpha value is -2.25. The first-order valence-corrected chi connectivity index (χ1v) is 11.9. The molecular formula is C23H27FN2O3S. The van der Waals surface area contributed by atoms with Gasteiger partial charge in [-0.3, -0.25) is 4.79 Å². The van der Waals surface area contributed by atoms with Gasteiger partial charge in [-0.15, -0.1) is 0 Å². The number of hydrogen-bond acceptors (Lipinski definition) is 3. The van der Waals surface area contributed by atoms with Gasteiger partial charge in [-0.1, -0.05) is 29.8 Å². The van der Waals surface area contributed by atoms with Gasteiger partial charge in [0.05, 0.1) is 10.6 Å². The molecule has 0 unspecified atom stereocenters. The maximum Gasteiger partial charge on any atom is 0.243 e. The standard InChI is InChI=1S/C23H27FN2O3S/c1-16-8-9-21(17(2)15-16)30(28,29)25-13-10-19(11-14-25)23(27)26-12-4-6-18-5-3-7-20(24)22(18)26/h3,5,7-9,15,19H,4,6,10-14H2,1-2H3. The fraction of sp³-hybridized carbons (Fsp3) is 0.435. The Kier molecular flexibility index (Phi) is 5.68. The van der Waals surface area contributed by atoms with E-state index >= 15 is 0 Å². The maximum absolute atomic E-state index is 14.4. The molecule has 0 N–H and O–H groups in total. The van der Waals surface area contributed by atoms with Gasteiger partial charge in [-0.25, -0.2) is 12.8 Å². The van der Waals surface area contributed by atoms with Gasteiger partial charge in [0, 0.05) is 25.6 Å². The molecule has 0 saturated carbocycles. The third kappa shape index (κ3) is 3.76. The van der Waals surface area contributed by atoms with Gasteiger partial charge in [0.1, 0.15) is 5.82 Å². The van der Waals surface area contributed by atoms with Crippen LogP contribution in [0.4, 0.5) is 10.1 Å². The first kappa shape index (κ1) is 21.0. The molecule has 160 valence electrons. The molecule has 0 spiro atoms. The Morgan fingerprint density at radius 1 is 1.07 bits per heavy atom. The molecule has 2 aromatic rings. The summed E-state index contributed by atoms with van der Waals surface area (Å²) in [5, 5.41) is 0. The number of hydrogen-bond donors (Lipinski definition) is 0. The van der Waals surface area contributed by atoms with Crippen LogP contribution in [0.25, 0.3) is 0 Å². The molecule has 0 radical (unpaired) electrons. The van der Waals surface area contributed by atoms with E-state index in [2.05, 4.69) is 0 Å². The quantitative estimate of drug-likeness (QED) is 0.744. The van der Waals surface area contributed by atoms with E-state index in [1.54, 1.807) is 30.0 Å². The topological polar surface area (TPSA) is 57.7 Å². The van der Waals surface area contributed by atoms with Gasteiger partial charge < -0.3 is 4.90 Å². The van der Waals surface area contributed by atoms with Crippen LogP contribution < -0.4 is 4.90 Å². The number of aryl methyl sites for hydroxylation is 3. The lowest BCUT2D eigenvalue weighted by Crippen LogP contribution is -2.46. The van der Waals surface area contributed by atoms with Crippen LogP contribution in [0.5, 0.6) is 0 Å². The molecule has 0 aromatic heterocycles. The van der Waals surface area contributed by atoms with Crippen LogP contribution in [-0.4, -0.2) is 38.3 Å². The number of piperidine rings is 1. The number of rotatable bonds is 3. The van der Waals surface area contributed by atoms with Gasteiger partial charge in [0.25, 0.3) is 0 Å². The van der Waals surface area contributed by atoms with Crippen LogP contribution in [0, 0.1) is 25.6 Å². The normalized spacial score (nSPS) is 18.3. The highest BCUT2D eigenvalue weighted by molar-refractivity contribution is 7.89. The van der Waals surface area contributed by atoms with Gasteiger partial charge in [-0.05, 0) is 62.8 Å². The molecule has 0 atom stereocenters. The zero-order valence-electron chi connectivity index (χ0n) is 17.4. The van der Waals surface area contributed by atoms with Gasteiger partial charge in [0.15, 0.2) is 0 Å². The van der Waals surface area contributed by atoms with E-state index in [-0.39, 0.29) is 17.6 Å². The lowest BCUT2D eigenvalue weighted by atomic mass is 9.94. The van der Waals surface area contributed by atoms with Crippen molar-refractivity contribution in [2.24, 2.45) is 5.92 Å². The monoisotopic (exact) mass is 430 g/mol. The molecule has 7 heteroatoms. The van der Waals surface area contributed by atoms with E-state index in [1.165, 1.54) is 10.4 Å². The van der Waals surface area contributed by atoms with Crippen molar-refractivity contribution < 1.29 is 17.6 Å². The zero-order valence-corrected chi connectivity index (χ0v) is 18.2. The average Bonchev–Trinajstić information content (AvgIpc) is 2.73. The van der Waals surface area contributed by atoms with Crippen LogP contribution in [0.2, 0.25) is 0 Å². The molecule has 2 aromatic carbocycles. The van der Waals surface area contributed by atoms with Crippen molar-refractivity contribution in [1.82, 2.24) is 4.31 Å². The SMILES string of the molecule is Cc1ccc(S(=O)(=O)N2CCC(C(=O)N3CCCc4cccc(F)c43)CC2)c(C)c1. The van der Waals surface area contributed by atoms with E-state index in [4.69, 9.17) is 0 Å². The molecular weight excluding hydrogens is 403 g/mol. The first-order valence-electron chi connectivity index (χ1n) is 10.4. The molecule has 0 bridgehead atoms. The third-order valence-corrected chi connectivity index (χ3v) is 8.24. The van der Waals surface area contributed by atoms with Crippen LogP contribution in [0.3, 0.4) is 0 Å². The van der Waals surface area contributed by atoms with Gasteiger partial charge in [0.2, 0.25) is 15.9 Å². The number of carbonyl (C=O) groups is 1. The second-order valence-corrected chi connectivity index (χ2v) is 10.2. The summed E-state index contributed by atoms with van der Waals surface area (Å²) in [6.07, 6.45) is 2.47. The summed E-state index contributed by atoms with van der Waals surface area (Å²) in [4.78, 5) is 15.1. The number of amides is 1. The average molecular weight is 431 g/mol. The predicted molar refractivity (Wildman–Crippen MR) is 114 cm³/mol. The summed E-state index contributed by atoms with van der Waals surface area (Å²) < 4.78 is 42.1. The third-order valence-electron chi connectivity index (χ3n) is 6.19. The Morgan fingerprint density at radius 2 is 1.80 bits per heavy atom. The molecule has 4 rings (SSSR count). The highest BCUT2D eigenvalue weighted by Gasteiger charge is 2.36. The number of anilines is 1. The van der Waals surface area contributed by atoms with E-state index in [0.29, 0.717) is 43.1 Å². The number of carbonyl (C=O) groups excluding carboxylic acids is 1. The summed E-state index contributed by atoms with van der Waals surface area (Å²) in [6, 6.07) is 10.3. The Bertz CT molecular complexity index is 1080. The number of benzene rings is 2. The molecule has 1 fully saturated rings. The fourth-order valence-corrected chi connectivity index (χ4v) is 6.29. The lowest BCUT2D eigenvalue weighted by molar-refractivity contribution is -0.123. The van der Waals surface area contributed by atoms with E-state index < -0.39 is 10.0 Å². The summed E-state index contributed by atoms with van der Waals surface area (Å²) in [6.45, 7) is 4.84. The van der Waals surface area contributed by atoms with Crippen molar-refractivity contribution in [3.05, 3.63) is 58.9 Å². The molecule has 1 amide bonds. The van der Waals surface area contributed by atoms with Crippen molar-refractivity contribution in [2.45, 2.75) is 44.4 Å². The minimum Gasteiger partial charge on any atom is -0.309 e. The Labute approximate surface area is 177 Å². The number of halogens is 1. The zero-order chi connectivity index (χ0) is 21.5. The summed E-state index contributed by atoms with van der Waals surface area (Å²) in [5.74, 6) is -0.749. The molecule has 0 aliphatic carbocycles. The summed E-state index contributed by atoms with van der Waals surface area (Å²) in [7, 11) is -3.59. The van der Waals surface area contributed by atoms with Crippen molar-refractivity contribution in [2.75, 3.05) is 24.5 Å². The first-order chi connectivity index (χ1) is 14.3. The van der Waals surface area contributed by atoms with Crippen molar-refractivity contribution in [3.8, 4) is 0 Å². The number of para-hydroxylation sites is 1. The second kappa shape index (κ2) is 8.12. The number of sulfonamides is 1. The van der Waals surface area contributed by atoms with Crippen molar-refractivity contribution >= 4 is 21.6 Å². The fourth-order valence-electron chi connectivity index (χ4n) is 4.62. The van der Waals surface area contributed by atoms with E-state index in [9.17, 15) is 17.6 Å². The van der Waals surface area contributed by atoms with Crippen LogP contribution in [-0.2, 0) is 21.2 Å². The Balaban J connectivity index is 1.48. The van der Waals surface area contributed by atoms with Crippen LogP contribution in [0.1, 0.15) is 36.0 Å². The van der Waals surface area contributed by atoms with Gasteiger partial charge in [-0.2, -0.15) is 4.31 Å².